The van der Waals surface area contributed by atoms with E-state index in [4.69, 9.17) is 15.6 Å². The average molecular weight is 457 g/mol. The fraction of sp³-hybridized carbons (Fsp3) is 0.762. The summed E-state index contributed by atoms with van der Waals surface area (Å²) in [6.45, 7) is 9.67. The Labute approximate surface area is 188 Å². The Hall–Kier alpha value is -2.85. The molecule has 2 unspecified atom stereocenters. The normalized spacial score (nSPS) is 16.8. The molecule has 0 aromatic carbocycles. The molecule has 4 amide bonds. The number of carbonyl (C=O) groups excluding carboxylic acids is 4. The summed E-state index contributed by atoms with van der Waals surface area (Å²) >= 11 is 0. The van der Waals surface area contributed by atoms with Gasteiger partial charge in [0.2, 0.25) is 17.7 Å². The molecule has 32 heavy (non-hydrogen) atoms. The summed E-state index contributed by atoms with van der Waals surface area (Å²) in [4.78, 5) is 61.4. The first kappa shape index (κ1) is 27.2. The van der Waals surface area contributed by atoms with Crippen LogP contribution in [0.15, 0.2) is 0 Å². The predicted octanol–water partition coefficient (Wildman–Crippen LogP) is 0.609. The third-order valence-electron chi connectivity index (χ3n) is 4.89. The number of hydrogen-bond acceptors (Lipinski definition) is 6. The molecule has 182 valence electrons. The number of carboxylic acid groups (broad SMARTS) is 1. The Kier molecular flexibility index (Phi) is 9.92. The summed E-state index contributed by atoms with van der Waals surface area (Å²) in [6.07, 6.45) is -0.0555. The molecular formula is C21H36N4O7. The standard InChI is InChI=1S/C21H36N4O7/c1-12(2)10-14(24-20(31)32-21(3,4)5)18(28)25-8-6-13(7-9-25)17(27)23-15(19(29)30)11-16(22)26/h12-15H,6-11H2,1-5H3,(H2,22,26)(H,23,27)(H,24,31)(H,29,30). The van der Waals surface area contributed by atoms with E-state index in [0.717, 1.165) is 0 Å². The first-order valence-corrected chi connectivity index (χ1v) is 10.8. The van der Waals surface area contributed by atoms with Crippen LogP contribution in [0.1, 0.15) is 60.3 Å². The number of ether oxygens (including phenoxy) is 1. The minimum Gasteiger partial charge on any atom is -0.480 e. The molecule has 5 N–H and O–H groups in total. The predicted molar refractivity (Wildman–Crippen MR) is 115 cm³/mol. The van der Waals surface area contributed by atoms with Crippen LogP contribution in [0.3, 0.4) is 0 Å². The van der Waals surface area contributed by atoms with Gasteiger partial charge in [-0.3, -0.25) is 14.4 Å². The van der Waals surface area contributed by atoms with Crippen molar-refractivity contribution >= 4 is 29.8 Å². The number of rotatable bonds is 9. The monoisotopic (exact) mass is 456 g/mol. The Morgan fingerprint density at radius 3 is 2.06 bits per heavy atom. The number of hydrogen-bond donors (Lipinski definition) is 4. The molecule has 0 aliphatic carbocycles. The highest BCUT2D eigenvalue weighted by molar-refractivity contribution is 5.89. The molecule has 0 spiro atoms. The smallest absolute Gasteiger partial charge is 0.408 e. The molecule has 0 aromatic heterocycles. The number of primary amides is 1. The van der Waals surface area contributed by atoms with E-state index in [1.54, 1.807) is 25.7 Å². The zero-order chi connectivity index (χ0) is 24.6. The fourth-order valence-corrected chi connectivity index (χ4v) is 3.42. The number of aliphatic carboxylic acids is 1. The first-order chi connectivity index (χ1) is 14.7. The van der Waals surface area contributed by atoms with Gasteiger partial charge in [0.1, 0.15) is 17.7 Å². The van der Waals surface area contributed by atoms with Gasteiger partial charge in [-0.25, -0.2) is 9.59 Å². The van der Waals surface area contributed by atoms with Gasteiger partial charge in [0.25, 0.3) is 0 Å². The van der Waals surface area contributed by atoms with Crippen molar-refractivity contribution in [1.82, 2.24) is 15.5 Å². The van der Waals surface area contributed by atoms with Gasteiger partial charge < -0.3 is 31.1 Å². The number of amides is 4. The van der Waals surface area contributed by atoms with Gasteiger partial charge in [-0.15, -0.1) is 0 Å². The highest BCUT2D eigenvalue weighted by atomic mass is 16.6. The topological polar surface area (TPSA) is 168 Å². The molecule has 1 aliphatic heterocycles. The van der Waals surface area contributed by atoms with Crippen LogP contribution in [0.2, 0.25) is 0 Å². The van der Waals surface area contributed by atoms with Gasteiger partial charge >= 0.3 is 12.1 Å². The van der Waals surface area contributed by atoms with Crippen molar-refractivity contribution in [1.29, 1.82) is 0 Å². The summed E-state index contributed by atoms with van der Waals surface area (Å²) in [5, 5.41) is 14.1. The number of nitrogens with one attached hydrogen (secondary N) is 2. The molecule has 0 bridgehead atoms. The van der Waals surface area contributed by atoms with Crippen LogP contribution < -0.4 is 16.4 Å². The van der Waals surface area contributed by atoms with Crippen LogP contribution in [0.4, 0.5) is 4.79 Å². The maximum atomic E-state index is 13.0. The maximum Gasteiger partial charge on any atom is 0.408 e. The summed E-state index contributed by atoms with van der Waals surface area (Å²) in [6, 6.07) is -2.13. The third-order valence-corrected chi connectivity index (χ3v) is 4.89. The van der Waals surface area contributed by atoms with Crippen molar-refractivity contribution in [3.05, 3.63) is 0 Å². The van der Waals surface area contributed by atoms with Crippen molar-refractivity contribution in [3.8, 4) is 0 Å². The average Bonchev–Trinajstić information content (AvgIpc) is 2.64. The van der Waals surface area contributed by atoms with Gasteiger partial charge in [-0.2, -0.15) is 0 Å². The largest absolute Gasteiger partial charge is 0.480 e. The fourth-order valence-electron chi connectivity index (χ4n) is 3.42. The Balaban J connectivity index is 2.70. The van der Waals surface area contributed by atoms with E-state index >= 15 is 0 Å². The van der Waals surface area contributed by atoms with Crippen molar-refractivity contribution in [2.75, 3.05) is 13.1 Å². The number of alkyl carbamates (subject to hydrolysis) is 1. The number of likely N-dealkylation sites (tertiary alicyclic amines) is 1. The number of carbonyl (C=O) groups is 5. The van der Waals surface area contributed by atoms with E-state index in [1.807, 2.05) is 13.8 Å². The van der Waals surface area contributed by atoms with Crippen LogP contribution >= 0.6 is 0 Å². The lowest BCUT2D eigenvalue weighted by atomic mass is 9.94. The molecule has 2 atom stereocenters. The van der Waals surface area contributed by atoms with Crippen molar-refractivity contribution < 1.29 is 33.8 Å². The van der Waals surface area contributed by atoms with E-state index in [2.05, 4.69) is 10.6 Å². The second kappa shape index (κ2) is 11.7. The van der Waals surface area contributed by atoms with Gasteiger partial charge in [0.05, 0.1) is 6.42 Å². The number of nitrogens with zero attached hydrogens (tertiary/aromatic N) is 1. The van der Waals surface area contributed by atoms with Gasteiger partial charge in [-0.05, 0) is 46.0 Å². The van der Waals surface area contributed by atoms with E-state index in [-0.39, 0.29) is 24.9 Å². The molecule has 0 radical (unpaired) electrons. The van der Waals surface area contributed by atoms with E-state index in [9.17, 15) is 24.0 Å². The Bertz CT molecular complexity index is 709. The number of carboxylic acids is 1. The van der Waals surface area contributed by atoms with E-state index in [1.165, 1.54) is 0 Å². The van der Waals surface area contributed by atoms with Crippen molar-refractivity contribution in [3.63, 3.8) is 0 Å². The van der Waals surface area contributed by atoms with Crippen LogP contribution in [0, 0.1) is 11.8 Å². The van der Waals surface area contributed by atoms with Crippen molar-refractivity contribution in [2.45, 2.75) is 78.0 Å². The molecule has 11 heteroatoms. The molecule has 1 heterocycles. The highest BCUT2D eigenvalue weighted by Crippen LogP contribution is 2.20. The molecule has 0 aromatic rings. The Morgan fingerprint density at radius 2 is 1.62 bits per heavy atom. The Morgan fingerprint density at radius 1 is 1.06 bits per heavy atom. The lowest BCUT2D eigenvalue weighted by molar-refractivity contribution is -0.144. The zero-order valence-corrected chi connectivity index (χ0v) is 19.5. The number of piperidine rings is 1. The zero-order valence-electron chi connectivity index (χ0n) is 19.5. The minimum atomic E-state index is -1.38. The summed E-state index contributed by atoms with van der Waals surface area (Å²) in [5.74, 6) is -3.24. The minimum absolute atomic E-state index is 0.153. The third kappa shape index (κ3) is 9.52. The lowest BCUT2D eigenvalue weighted by Crippen LogP contribution is -2.53. The quantitative estimate of drug-likeness (QED) is 0.394. The van der Waals surface area contributed by atoms with Gasteiger partial charge in [0.15, 0.2) is 0 Å². The van der Waals surface area contributed by atoms with Crippen LogP contribution in [0.25, 0.3) is 0 Å². The van der Waals surface area contributed by atoms with Crippen LogP contribution in [-0.2, 0) is 23.9 Å². The van der Waals surface area contributed by atoms with Gasteiger partial charge in [-0.1, -0.05) is 13.8 Å². The lowest BCUT2D eigenvalue weighted by Gasteiger charge is -2.34. The maximum absolute atomic E-state index is 13.0. The molecule has 0 saturated carbocycles. The second-order valence-corrected chi connectivity index (χ2v) is 9.50. The molecule has 1 saturated heterocycles. The molecular weight excluding hydrogens is 420 g/mol. The van der Waals surface area contributed by atoms with Crippen LogP contribution in [0.5, 0.6) is 0 Å². The summed E-state index contributed by atoms with van der Waals surface area (Å²) < 4.78 is 5.26. The SMILES string of the molecule is CC(C)CC(NC(=O)OC(C)(C)C)C(=O)N1CCC(C(=O)NC(CC(N)=O)C(=O)O)CC1. The van der Waals surface area contributed by atoms with E-state index in [0.29, 0.717) is 19.3 Å². The first-order valence-electron chi connectivity index (χ1n) is 10.8. The van der Waals surface area contributed by atoms with Gasteiger partial charge in [0, 0.05) is 19.0 Å². The molecule has 1 fully saturated rings. The summed E-state index contributed by atoms with van der Waals surface area (Å²) in [5.41, 5.74) is 4.34. The highest BCUT2D eigenvalue weighted by Gasteiger charge is 2.34. The second-order valence-electron chi connectivity index (χ2n) is 9.50. The molecule has 1 rings (SSSR count). The van der Waals surface area contributed by atoms with E-state index < -0.39 is 53.9 Å². The molecule has 1 aliphatic rings. The number of nitrogens with two attached hydrogens (primary N) is 1. The summed E-state index contributed by atoms with van der Waals surface area (Å²) in [7, 11) is 0. The van der Waals surface area contributed by atoms with Crippen LogP contribution in [-0.4, -0.2) is 70.6 Å². The van der Waals surface area contributed by atoms with Crippen molar-refractivity contribution in [2.24, 2.45) is 17.6 Å². The molecule has 11 nitrogen and oxygen atoms in total.